The highest BCUT2D eigenvalue weighted by Crippen LogP contribution is 2.28. The van der Waals surface area contributed by atoms with Gasteiger partial charge in [0.05, 0.1) is 25.0 Å². The zero-order valence-corrected chi connectivity index (χ0v) is 15.5. The van der Waals surface area contributed by atoms with Crippen molar-refractivity contribution in [1.29, 1.82) is 0 Å². The van der Waals surface area contributed by atoms with Gasteiger partial charge in [-0.3, -0.25) is 4.79 Å². The summed E-state index contributed by atoms with van der Waals surface area (Å²) in [7, 11) is 1.46. The Bertz CT molecular complexity index is 797. The average molecular weight is 397 g/mol. The number of hydrogen-bond donors (Lipinski definition) is 2. The van der Waals surface area contributed by atoms with E-state index in [0.717, 1.165) is 0 Å². The molecule has 0 saturated carbocycles. The van der Waals surface area contributed by atoms with E-state index in [2.05, 4.69) is 10.5 Å². The molecular formula is C18H18Cl2N2O4. The highest BCUT2D eigenvalue weighted by molar-refractivity contribution is 6.35. The maximum Gasteiger partial charge on any atom is 0.240 e. The molecule has 0 bridgehead atoms. The first-order valence-electron chi connectivity index (χ1n) is 7.77. The molecule has 0 aliphatic rings. The van der Waals surface area contributed by atoms with Crippen molar-refractivity contribution in [3.8, 4) is 17.2 Å². The summed E-state index contributed by atoms with van der Waals surface area (Å²) >= 11 is 11.8. The number of para-hydroxylation sites is 1. The largest absolute Gasteiger partial charge is 0.504 e. The number of rotatable bonds is 8. The number of carbonyl (C=O) groups excluding carboxylic acids is 1. The van der Waals surface area contributed by atoms with Crippen molar-refractivity contribution < 1.29 is 19.4 Å². The second-order valence-corrected chi connectivity index (χ2v) is 6.06. The minimum atomic E-state index is -0.269. The molecule has 0 spiro atoms. The lowest BCUT2D eigenvalue weighted by atomic mass is 10.2. The van der Waals surface area contributed by atoms with Gasteiger partial charge in [-0.25, -0.2) is 5.43 Å². The highest BCUT2D eigenvalue weighted by Gasteiger charge is 2.06. The van der Waals surface area contributed by atoms with Crippen molar-refractivity contribution in [2.75, 3.05) is 13.7 Å². The van der Waals surface area contributed by atoms with Crippen molar-refractivity contribution in [1.82, 2.24) is 5.43 Å². The van der Waals surface area contributed by atoms with Crippen LogP contribution in [0.5, 0.6) is 17.2 Å². The lowest BCUT2D eigenvalue weighted by Gasteiger charge is -2.07. The Labute approximate surface area is 161 Å². The van der Waals surface area contributed by atoms with Crippen molar-refractivity contribution in [3.05, 3.63) is 52.0 Å². The van der Waals surface area contributed by atoms with Gasteiger partial charge in [-0.2, -0.15) is 5.10 Å². The predicted octanol–water partition coefficient (Wildman–Crippen LogP) is 4.02. The van der Waals surface area contributed by atoms with Crippen molar-refractivity contribution in [3.63, 3.8) is 0 Å². The predicted molar refractivity (Wildman–Crippen MR) is 102 cm³/mol. The Morgan fingerprint density at radius 2 is 2.08 bits per heavy atom. The average Bonchev–Trinajstić information content (AvgIpc) is 2.61. The number of carbonyl (C=O) groups is 1. The molecule has 138 valence electrons. The number of hydrogen-bond acceptors (Lipinski definition) is 5. The van der Waals surface area contributed by atoms with Gasteiger partial charge in [-0.15, -0.1) is 0 Å². The summed E-state index contributed by atoms with van der Waals surface area (Å²) in [5.41, 5.74) is 2.83. The van der Waals surface area contributed by atoms with Crippen LogP contribution in [0.25, 0.3) is 0 Å². The minimum absolute atomic E-state index is 0.0405. The van der Waals surface area contributed by atoms with Crippen LogP contribution in [-0.2, 0) is 4.79 Å². The minimum Gasteiger partial charge on any atom is -0.504 e. The second kappa shape index (κ2) is 9.89. The Hall–Kier alpha value is -2.44. The van der Waals surface area contributed by atoms with Crippen LogP contribution in [0.1, 0.15) is 18.4 Å². The number of phenols is 1. The van der Waals surface area contributed by atoms with E-state index in [0.29, 0.717) is 40.1 Å². The number of nitrogens with one attached hydrogen (secondary N) is 1. The van der Waals surface area contributed by atoms with E-state index in [1.807, 2.05) is 0 Å². The molecule has 0 radical (unpaired) electrons. The Morgan fingerprint density at radius 1 is 1.27 bits per heavy atom. The fourth-order valence-corrected chi connectivity index (χ4v) is 2.51. The fraction of sp³-hybridized carbons (Fsp3) is 0.222. The number of amides is 1. The SMILES string of the molecule is COc1cccc(C=NNC(=O)CCCOc2ccc(Cl)cc2Cl)c1O. The molecular weight excluding hydrogens is 379 g/mol. The molecule has 2 aromatic carbocycles. The van der Waals surface area contributed by atoms with E-state index < -0.39 is 0 Å². The summed E-state index contributed by atoms with van der Waals surface area (Å²) in [6.45, 7) is 0.329. The van der Waals surface area contributed by atoms with Gasteiger partial charge < -0.3 is 14.6 Å². The standard InChI is InChI=1S/C18H18Cl2N2O4/c1-25-16-5-2-4-12(18(16)24)11-21-22-17(23)6-3-9-26-15-8-7-13(19)10-14(15)20/h2,4-5,7-8,10-11,24H,3,6,9H2,1H3,(H,22,23). The summed E-state index contributed by atoms with van der Waals surface area (Å²) in [6.07, 6.45) is 2.07. The Morgan fingerprint density at radius 3 is 2.81 bits per heavy atom. The van der Waals surface area contributed by atoms with Gasteiger partial charge in [-0.1, -0.05) is 29.3 Å². The Kier molecular flexibility index (Phi) is 7.56. The quantitative estimate of drug-likeness (QED) is 0.401. The number of phenolic OH excluding ortho intramolecular Hbond substituents is 1. The summed E-state index contributed by atoms with van der Waals surface area (Å²) < 4.78 is 10.5. The van der Waals surface area contributed by atoms with Crippen LogP contribution in [0.3, 0.4) is 0 Å². The lowest BCUT2D eigenvalue weighted by molar-refractivity contribution is -0.121. The number of halogens is 2. The van der Waals surface area contributed by atoms with Gasteiger partial charge in [0.2, 0.25) is 5.91 Å². The van der Waals surface area contributed by atoms with Crippen LogP contribution in [0.15, 0.2) is 41.5 Å². The summed E-state index contributed by atoms with van der Waals surface area (Å²) in [5, 5.41) is 14.7. The molecule has 26 heavy (non-hydrogen) atoms. The third-order valence-electron chi connectivity index (χ3n) is 3.34. The molecule has 0 atom stereocenters. The smallest absolute Gasteiger partial charge is 0.240 e. The number of nitrogens with zero attached hydrogens (tertiary/aromatic N) is 1. The second-order valence-electron chi connectivity index (χ2n) is 5.22. The topological polar surface area (TPSA) is 80.2 Å². The summed E-state index contributed by atoms with van der Waals surface area (Å²) in [5.74, 6) is 0.539. The number of hydrazone groups is 1. The molecule has 0 unspecified atom stereocenters. The number of methoxy groups -OCH3 is 1. The molecule has 2 rings (SSSR count). The maximum absolute atomic E-state index is 11.8. The van der Waals surface area contributed by atoms with Gasteiger partial charge in [0.25, 0.3) is 0 Å². The third kappa shape index (κ3) is 5.82. The first kappa shape index (κ1) is 19.9. The number of benzene rings is 2. The van der Waals surface area contributed by atoms with E-state index in [9.17, 15) is 9.90 Å². The molecule has 8 heteroatoms. The van der Waals surface area contributed by atoms with E-state index in [1.165, 1.54) is 13.3 Å². The van der Waals surface area contributed by atoms with Crippen molar-refractivity contribution >= 4 is 35.3 Å². The van der Waals surface area contributed by atoms with Crippen molar-refractivity contribution in [2.45, 2.75) is 12.8 Å². The van der Waals surface area contributed by atoms with Crippen LogP contribution in [0.4, 0.5) is 0 Å². The third-order valence-corrected chi connectivity index (χ3v) is 3.87. The first-order valence-corrected chi connectivity index (χ1v) is 8.52. The molecule has 2 aromatic rings. The molecule has 0 aromatic heterocycles. The van der Waals surface area contributed by atoms with Crippen LogP contribution in [0.2, 0.25) is 10.0 Å². The van der Waals surface area contributed by atoms with E-state index in [-0.39, 0.29) is 18.1 Å². The van der Waals surface area contributed by atoms with E-state index >= 15 is 0 Å². The first-order chi connectivity index (χ1) is 12.5. The molecule has 0 heterocycles. The molecule has 1 amide bonds. The zero-order chi connectivity index (χ0) is 18.9. The van der Waals surface area contributed by atoms with E-state index in [1.54, 1.807) is 36.4 Å². The monoisotopic (exact) mass is 396 g/mol. The molecule has 0 fully saturated rings. The maximum atomic E-state index is 11.8. The van der Waals surface area contributed by atoms with Crippen LogP contribution in [-0.4, -0.2) is 30.9 Å². The molecule has 0 aliphatic carbocycles. The summed E-state index contributed by atoms with van der Waals surface area (Å²) in [4.78, 5) is 11.8. The van der Waals surface area contributed by atoms with Gasteiger partial charge in [0, 0.05) is 17.0 Å². The summed E-state index contributed by atoms with van der Waals surface area (Å²) in [6, 6.07) is 9.93. The van der Waals surface area contributed by atoms with Crippen LogP contribution in [0, 0.1) is 0 Å². The molecule has 2 N–H and O–H groups in total. The normalized spacial score (nSPS) is 10.7. The van der Waals surface area contributed by atoms with Gasteiger partial charge >= 0.3 is 0 Å². The number of aromatic hydroxyl groups is 1. The lowest BCUT2D eigenvalue weighted by Crippen LogP contribution is -2.18. The van der Waals surface area contributed by atoms with Gasteiger partial charge in [-0.05, 0) is 36.8 Å². The van der Waals surface area contributed by atoms with E-state index in [4.69, 9.17) is 32.7 Å². The molecule has 0 aliphatic heterocycles. The van der Waals surface area contributed by atoms with Crippen LogP contribution < -0.4 is 14.9 Å². The number of ether oxygens (including phenoxy) is 2. The van der Waals surface area contributed by atoms with Crippen LogP contribution >= 0.6 is 23.2 Å². The van der Waals surface area contributed by atoms with Gasteiger partial charge in [0.15, 0.2) is 11.5 Å². The fourth-order valence-electron chi connectivity index (χ4n) is 2.05. The highest BCUT2D eigenvalue weighted by atomic mass is 35.5. The zero-order valence-electron chi connectivity index (χ0n) is 14.0. The van der Waals surface area contributed by atoms with Gasteiger partial charge in [0.1, 0.15) is 5.75 Å². The molecule has 6 nitrogen and oxygen atoms in total. The van der Waals surface area contributed by atoms with Crippen molar-refractivity contribution in [2.24, 2.45) is 5.10 Å². The molecule has 0 saturated heterocycles. The Balaban J connectivity index is 1.74.